The van der Waals surface area contributed by atoms with Crippen LogP contribution < -0.4 is 9.92 Å². The van der Waals surface area contributed by atoms with Gasteiger partial charge in [-0.15, -0.1) is 0 Å². The van der Waals surface area contributed by atoms with E-state index < -0.39 is 15.0 Å². The monoisotopic (exact) mass is 233 g/mol. The molecule has 0 bridgehead atoms. The Morgan fingerprint density at radius 2 is 2.07 bits per heavy atom. The van der Waals surface area contributed by atoms with Gasteiger partial charge in [-0.2, -0.15) is 4.21 Å². The molecule has 0 spiro atoms. The summed E-state index contributed by atoms with van der Waals surface area (Å²) in [4.78, 5) is 10.8. The molecule has 0 aliphatic heterocycles. The molecular weight excluding hydrogens is 226 g/mol. The van der Waals surface area contributed by atoms with Crippen LogP contribution >= 0.6 is 0 Å². The Bertz CT molecular complexity index is 455. The van der Waals surface area contributed by atoms with Gasteiger partial charge in [-0.1, -0.05) is 12.1 Å². The maximum Gasteiger partial charge on any atom is 0.311 e. The van der Waals surface area contributed by atoms with Gasteiger partial charge < -0.3 is 9.92 Å². The third kappa shape index (κ3) is 2.95. The second-order valence-electron chi connectivity index (χ2n) is 2.37. The molecule has 0 heterocycles. The molecule has 0 aliphatic rings. The summed E-state index contributed by atoms with van der Waals surface area (Å²) in [6, 6.07) is 5.79. The van der Waals surface area contributed by atoms with Crippen molar-refractivity contribution in [2.75, 3.05) is 0 Å². The van der Waals surface area contributed by atoms with Crippen LogP contribution in [0.5, 0.6) is 5.75 Å². The lowest BCUT2D eigenvalue weighted by Gasteiger charge is -2.06. The number of carbonyl (C=O) groups is 1. The molecule has 0 saturated heterocycles. The van der Waals surface area contributed by atoms with Crippen molar-refractivity contribution in [2.45, 2.75) is 0 Å². The molecule has 0 aliphatic carbocycles. The number of nitrogens with two attached hydrogens (primary N) is 1. The van der Waals surface area contributed by atoms with E-state index in [1.54, 1.807) is 6.07 Å². The van der Waals surface area contributed by atoms with Crippen LogP contribution in [-0.2, 0) is 20.2 Å². The van der Waals surface area contributed by atoms with Gasteiger partial charge in [-0.25, -0.2) is 0 Å². The topological polar surface area (TPSA) is 89.6 Å². The van der Waals surface area contributed by atoms with Crippen molar-refractivity contribution in [1.29, 1.82) is 0 Å². The largest absolute Gasteiger partial charge is 0.381 e. The first-order chi connectivity index (χ1) is 6.40. The van der Waals surface area contributed by atoms with E-state index in [1.807, 2.05) is 0 Å². The van der Waals surface area contributed by atoms with Crippen molar-refractivity contribution >= 4 is 26.1 Å². The van der Waals surface area contributed by atoms with Crippen LogP contribution in [0, 0.1) is 0 Å². The fraction of sp³-hybridized carbons (Fsp3) is 0. The van der Waals surface area contributed by atoms with E-state index in [0.717, 1.165) is 0 Å². The number of para-hydroxylation sites is 1. The lowest BCUT2D eigenvalue weighted by Crippen LogP contribution is -2.14. The first-order valence-corrected chi connectivity index (χ1v) is 5.82. The van der Waals surface area contributed by atoms with E-state index in [0.29, 0.717) is 0 Å². The highest BCUT2D eigenvalue weighted by Gasteiger charge is 2.11. The Kier molecular flexibility index (Phi) is 3.04. The van der Waals surface area contributed by atoms with Crippen LogP contribution in [0.1, 0.15) is 10.4 Å². The smallest absolute Gasteiger partial charge is 0.311 e. The summed E-state index contributed by atoms with van der Waals surface area (Å²) in [7, 11) is -3.81. The lowest BCUT2D eigenvalue weighted by atomic mass is 10.2. The Labute approximate surface area is 85.6 Å². The van der Waals surface area contributed by atoms with Gasteiger partial charge >= 0.3 is 9.05 Å². The minimum atomic E-state index is -3.81. The van der Waals surface area contributed by atoms with E-state index in [-0.39, 0.29) is 11.3 Å². The molecule has 0 fully saturated rings. The van der Waals surface area contributed by atoms with Crippen molar-refractivity contribution in [3.63, 3.8) is 0 Å². The van der Waals surface area contributed by atoms with Gasteiger partial charge in [0.1, 0.15) is 0 Å². The fourth-order valence-corrected chi connectivity index (χ4v) is 1.45. The molecule has 1 unspecified atom stereocenters. The highest BCUT2D eigenvalue weighted by atomic mass is 32.9. The van der Waals surface area contributed by atoms with Crippen molar-refractivity contribution in [1.82, 2.24) is 0 Å². The van der Waals surface area contributed by atoms with Crippen LogP contribution in [0.2, 0.25) is 0 Å². The summed E-state index contributed by atoms with van der Waals surface area (Å²) in [5, 5.41) is 0. The van der Waals surface area contributed by atoms with Crippen LogP contribution in [-0.4, -0.2) is 14.7 Å². The van der Waals surface area contributed by atoms with Crippen molar-refractivity contribution in [3.8, 4) is 5.75 Å². The third-order valence-electron chi connectivity index (χ3n) is 1.35. The van der Waals surface area contributed by atoms with Gasteiger partial charge in [0.05, 0.1) is 16.8 Å². The van der Waals surface area contributed by atoms with E-state index in [2.05, 4.69) is 15.4 Å². The van der Waals surface area contributed by atoms with Gasteiger partial charge in [0.15, 0.2) is 5.75 Å². The van der Waals surface area contributed by atoms with Gasteiger partial charge in [-0.05, 0) is 12.1 Å². The zero-order valence-corrected chi connectivity index (χ0v) is 8.51. The summed E-state index contributed by atoms with van der Waals surface area (Å²) in [5.74, 6) is -0.846. The van der Waals surface area contributed by atoms with Crippen LogP contribution in [0.3, 0.4) is 0 Å². The predicted molar refractivity (Wildman–Crippen MR) is 53.7 cm³/mol. The average Bonchev–Trinajstić information content (AvgIpc) is 2.01. The Morgan fingerprint density at radius 1 is 1.50 bits per heavy atom. The third-order valence-corrected chi connectivity index (χ3v) is 1.94. The second-order valence-corrected chi connectivity index (χ2v) is 4.66. The quantitative estimate of drug-likeness (QED) is 0.783. The zero-order valence-electron chi connectivity index (χ0n) is 6.88. The normalized spacial score (nSPS) is 14.4. The molecule has 7 heteroatoms. The van der Waals surface area contributed by atoms with E-state index in [4.69, 9.17) is 10.3 Å². The van der Waals surface area contributed by atoms with Crippen molar-refractivity contribution < 1.29 is 17.7 Å². The summed E-state index contributed by atoms with van der Waals surface area (Å²) in [6.07, 6.45) is 0. The second kappa shape index (κ2) is 3.91. The van der Waals surface area contributed by atoms with Crippen molar-refractivity contribution in [2.24, 2.45) is 5.73 Å². The molecule has 1 aromatic rings. The number of carbonyl (C=O) groups excluding carboxylic acids is 1. The number of benzene rings is 1. The molecule has 1 rings (SSSR count). The Hall–Kier alpha value is -1.18. The SMILES string of the molecule is NC(=O)c1ccccc1OS(=O)(O)=S. The molecule has 0 aromatic heterocycles. The van der Waals surface area contributed by atoms with Gasteiger partial charge in [-0.3, -0.25) is 9.35 Å². The van der Waals surface area contributed by atoms with Crippen LogP contribution in [0.15, 0.2) is 24.3 Å². The van der Waals surface area contributed by atoms with Crippen LogP contribution in [0.4, 0.5) is 0 Å². The number of hydrogen-bond acceptors (Lipinski definition) is 4. The number of amides is 1. The number of primary amides is 1. The molecule has 1 atom stereocenters. The van der Waals surface area contributed by atoms with E-state index >= 15 is 0 Å². The van der Waals surface area contributed by atoms with Gasteiger partial charge in [0.25, 0.3) is 5.91 Å². The zero-order chi connectivity index (χ0) is 10.8. The molecule has 76 valence electrons. The molecule has 14 heavy (non-hydrogen) atoms. The number of hydrogen-bond donors (Lipinski definition) is 2. The molecule has 5 nitrogen and oxygen atoms in total. The summed E-state index contributed by atoms with van der Waals surface area (Å²) in [6.45, 7) is 0. The maximum atomic E-state index is 10.8. The van der Waals surface area contributed by atoms with Gasteiger partial charge in [0.2, 0.25) is 0 Å². The minimum Gasteiger partial charge on any atom is -0.381 e. The summed E-state index contributed by atoms with van der Waals surface area (Å²) < 4.78 is 24.0. The number of rotatable bonds is 3. The summed E-state index contributed by atoms with van der Waals surface area (Å²) in [5.41, 5.74) is 5.02. The standard InChI is InChI=1S/C7H7NO4S2/c8-7(9)5-3-1-2-4-6(5)12-14(10,11)13/h1-4H,(H2,8,9)(H,10,11,13). The molecule has 1 aromatic carbocycles. The highest BCUT2D eigenvalue weighted by molar-refractivity contribution is 8.27. The molecule has 0 radical (unpaired) electrons. The predicted octanol–water partition coefficient (Wildman–Crippen LogP) is 0.299. The Morgan fingerprint density at radius 3 is 2.57 bits per heavy atom. The lowest BCUT2D eigenvalue weighted by molar-refractivity contribution is 0.0999. The fourth-order valence-electron chi connectivity index (χ4n) is 0.856. The van der Waals surface area contributed by atoms with Crippen molar-refractivity contribution in [3.05, 3.63) is 29.8 Å². The molecule has 3 N–H and O–H groups in total. The Balaban J connectivity index is 3.15. The first kappa shape index (κ1) is 10.9. The maximum absolute atomic E-state index is 10.8. The molecular formula is C7H7NO4S2. The average molecular weight is 233 g/mol. The molecule has 0 saturated carbocycles. The minimum absolute atomic E-state index is 0.0131. The van der Waals surface area contributed by atoms with Crippen LogP contribution in [0.25, 0.3) is 0 Å². The molecule has 1 amide bonds. The summed E-state index contributed by atoms with van der Waals surface area (Å²) >= 11 is 4.12. The van der Waals surface area contributed by atoms with E-state index in [9.17, 15) is 9.00 Å². The first-order valence-electron chi connectivity index (χ1n) is 3.46. The van der Waals surface area contributed by atoms with Gasteiger partial charge in [0, 0.05) is 0 Å². The van der Waals surface area contributed by atoms with E-state index in [1.165, 1.54) is 18.2 Å². The highest BCUT2D eigenvalue weighted by Crippen LogP contribution is 2.18.